The number of carbonyl (C=O) groups is 11. The second-order valence-electron chi connectivity index (χ2n) is 16.5. The van der Waals surface area contributed by atoms with Gasteiger partial charge in [0.1, 0.15) is 86.4 Å². The molecule has 79 heavy (non-hydrogen) atoms. The van der Waals surface area contributed by atoms with E-state index in [2.05, 4.69) is 23.7 Å². The summed E-state index contributed by atoms with van der Waals surface area (Å²) in [7, 11) is 0. The molecule has 22 atom stereocenters. The fourth-order valence-electron chi connectivity index (χ4n) is 5.84. The van der Waals surface area contributed by atoms with Gasteiger partial charge < -0.3 is 141 Å². The molecule has 23 N–H and O–H groups in total. The van der Waals surface area contributed by atoms with Crippen LogP contribution in [0.15, 0.2) is 0 Å². The number of carbonyl (C=O) groups excluding carboxylic acids is 10. The monoisotopic (exact) mass is 1170 g/mol. The van der Waals surface area contributed by atoms with Crippen LogP contribution >= 0.6 is 0 Å². The molecule has 0 aromatic heterocycles. The van der Waals surface area contributed by atoms with Crippen LogP contribution in [-0.4, -0.2) is 343 Å². The van der Waals surface area contributed by atoms with Crippen molar-refractivity contribution in [2.24, 2.45) is 0 Å². The molecule has 0 saturated heterocycles. The van der Waals surface area contributed by atoms with E-state index < -0.39 is 238 Å². The van der Waals surface area contributed by atoms with Crippen molar-refractivity contribution in [2.45, 2.75) is 147 Å². The number of carboxylic acids is 1. The second-order valence-corrected chi connectivity index (χ2v) is 16.5. The van der Waals surface area contributed by atoms with Gasteiger partial charge in [-0.3, -0.25) is 28.8 Å². The van der Waals surface area contributed by atoms with Crippen LogP contribution in [0.2, 0.25) is 0 Å². The number of Topliss-reactive ketones (excluding diaryl/α,β-unsaturated/α-hetero) is 4. The number of ether oxygens (including phenoxy) is 5. The maximum atomic E-state index is 13.8. The summed E-state index contributed by atoms with van der Waals surface area (Å²) < 4.78 is 29.3. The third kappa shape index (κ3) is 20.4. The number of carboxylic acid groups (broad SMARTS) is 1. The number of aliphatic carboxylic acids is 1. The van der Waals surface area contributed by atoms with E-state index in [1.54, 1.807) is 0 Å². The molecule has 0 aliphatic carbocycles. The molecule has 0 aliphatic rings. The summed E-state index contributed by atoms with van der Waals surface area (Å²) >= 11 is 0. The topological polar surface area (TPSA) is 699 Å². The van der Waals surface area contributed by atoms with Gasteiger partial charge in [0.25, 0.3) is 0 Å². The molecule has 0 aromatic carbocycles. The van der Waals surface area contributed by atoms with Crippen molar-refractivity contribution in [1.29, 1.82) is 0 Å². The van der Waals surface area contributed by atoms with Crippen molar-refractivity contribution in [3.63, 3.8) is 0 Å². The Morgan fingerprint density at radius 3 is 1.28 bits per heavy atom. The zero-order valence-electron chi connectivity index (χ0n) is 41.2. The zero-order valence-corrected chi connectivity index (χ0v) is 40.2. The van der Waals surface area contributed by atoms with Crippen molar-refractivity contribution in [3.8, 4) is 0 Å². The molecule has 0 saturated carbocycles. The number of aliphatic hydroxyl groups excluding tert-OH is 21. The Bertz CT molecular complexity index is 2140. The first-order valence-electron chi connectivity index (χ1n) is 22.4. The molecular weight excluding hydrogens is 1100 g/mol. The van der Waals surface area contributed by atoms with E-state index in [1.807, 2.05) is 0 Å². The van der Waals surface area contributed by atoms with Crippen LogP contribution in [0.25, 0.3) is 0 Å². The molecule has 454 valence electrons. The average Bonchev–Trinajstić information content (AvgIpc) is 3.41. The minimum atomic E-state index is -4.20. The lowest BCUT2D eigenvalue weighted by molar-refractivity contribution is -0.210. The highest BCUT2D eigenvalue weighted by molar-refractivity contribution is 6.41. The summed E-state index contributed by atoms with van der Waals surface area (Å²) in [6.45, 7) is -8.63. The third-order valence-electron chi connectivity index (χ3n) is 10.5. The Hall–Kier alpha value is -5.71. The van der Waals surface area contributed by atoms with Crippen LogP contribution < -0.4 is 0 Å². The van der Waals surface area contributed by atoms with E-state index in [-0.39, 0.29) is 0 Å². The normalized spacial score (nSPS) is 20.7. The number of ketones is 4. The molecule has 0 fully saturated rings. The van der Waals surface area contributed by atoms with Crippen molar-refractivity contribution < 1.29 is 195 Å². The maximum Gasteiger partial charge on any atom is 0.359 e. The van der Waals surface area contributed by atoms with E-state index in [9.17, 15) is 155 Å². The predicted molar refractivity (Wildman–Crippen MR) is 230 cm³/mol. The Labute approximate surface area is 440 Å². The number of aliphatic hydroxyl groups is 22. The SMILES string of the molecule is [2H]C(O)C(=O)[C@@H](O)[C@H](O)[C@H](O)C(=O)O[C@H](C(=O)OC(=O)[C@H](O)[C@@H](O)[C@H](O)[C@H](O)CO)[C@H](OC(=O)C(O)(CC(=O)O)CC(=O)O[C@H](C(=O)C(=O)[C@@H](OC(=O)[C@@H](O)[C@H](O)[C@H](O)C(=O)CO)[C@H](O)[C@H](O)CO)[C@@H](O)[C@H](O)[C@@H](C)O)[C@H](O)CO. The zero-order chi connectivity index (χ0) is 62.8. The number of hydrogen-bond donors (Lipinski definition) is 23. The molecule has 39 heteroatoms. The molecule has 0 bridgehead atoms. The average molecular weight is 1170 g/mol. The molecule has 0 rings (SSSR count). The molecule has 0 spiro atoms. The summed E-state index contributed by atoms with van der Waals surface area (Å²) in [5.74, 6) is -26.6. The van der Waals surface area contributed by atoms with Crippen molar-refractivity contribution in [3.05, 3.63) is 0 Å². The van der Waals surface area contributed by atoms with Crippen LogP contribution in [0.4, 0.5) is 0 Å². The van der Waals surface area contributed by atoms with Crippen molar-refractivity contribution in [1.82, 2.24) is 0 Å². The van der Waals surface area contributed by atoms with Gasteiger partial charge in [-0.25, -0.2) is 24.0 Å². The van der Waals surface area contributed by atoms with Gasteiger partial charge in [-0.1, -0.05) is 0 Å². The second kappa shape index (κ2) is 33.1. The van der Waals surface area contributed by atoms with Gasteiger partial charge >= 0.3 is 41.8 Å². The molecule has 39 nitrogen and oxygen atoms in total. The summed E-state index contributed by atoms with van der Waals surface area (Å²) in [5, 5.41) is 230. The summed E-state index contributed by atoms with van der Waals surface area (Å²) in [5.41, 5.74) is -4.20. The quantitative estimate of drug-likeness (QED) is 0.0119. The van der Waals surface area contributed by atoms with Crippen LogP contribution in [0.3, 0.4) is 0 Å². The van der Waals surface area contributed by atoms with Gasteiger partial charge in [0.05, 0.1) is 40.1 Å². The number of rotatable bonds is 37. The first-order chi connectivity index (χ1) is 36.8. The Morgan fingerprint density at radius 2 is 0.861 bits per heavy atom. The lowest BCUT2D eigenvalue weighted by atomic mass is 9.93. The highest BCUT2D eigenvalue weighted by atomic mass is 16.7. The Kier molecular flexibility index (Phi) is 29.9. The minimum Gasteiger partial charge on any atom is -0.481 e. The smallest absolute Gasteiger partial charge is 0.359 e. The highest BCUT2D eigenvalue weighted by Crippen LogP contribution is 2.25. The lowest BCUT2D eigenvalue weighted by Gasteiger charge is -2.33. The molecule has 0 aromatic rings. The summed E-state index contributed by atoms with van der Waals surface area (Å²) in [4.78, 5) is 142. The molecule has 0 heterocycles. The largest absolute Gasteiger partial charge is 0.481 e. The van der Waals surface area contributed by atoms with Crippen molar-refractivity contribution >= 4 is 64.9 Å². The van der Waals surface area contributed by atoms with Gasteiger partial charge in [0.15, 0.2) is 53.8 Å². The van der Waals surface area contributed by atoms with Crippen LogP contribution in [0.5, 0.6) is 0 Å². The molecular formula is C40H60O39. The van der Waals surface area contributed by atoms with Gasteiger partial charge in [-0.15, -0.1) is 0 Å². The first kappa shape index (κ1) is 71.3. The Morgan fingerprint density at radius 1 is 0.443 bits per heavy atom. The van der Waals surface area contributed by atoms with E-state index in [4.69, 9.17) is 16.7 Å². The third-order valence-corrected chi connectivity index (χ3v) is 10.5. The highest BCUT2D eigenvalue weighted by Gasteiger charge is 2.52. The lowest BCUT2D eigenvalue weighted by Crippen LogP contribution is -2.57. The fraction of sp³-hybridized carbons (Fsp3) is 0.725. The summed E-state index contributed by atoms with van der Waals surface area (Å²) in [6, 6.07) is 0. The summed E-state index contributed by atoms with van der Waals surface area (Å²) in [6.07, 6.45) is -65.2. The van der Waals surface area contributed by atoms with Gasteiger partial charge in [0, 0.05) is 0 Å². The number of hydrogen-bond acceptors (Lipinski definition) is 38. The minimum absolute atomic E-state index is 0.640. The Balaban J connectivity index is 7.70. The predicted octanol–water partition coefficient (Wildman–Crippen LogP) is -17.7. The van der Waals surface area contributed by atoms with Gasteiger partial charge in [-0.2, -0.15) is 0 Å². The maximum absolute atomic E-state index is 13.8. The first-order valence-corrected chi connectivity index (χ1v) is 21.8. The fourth-order valence-corrected chi connectivity index (χ4v) is 5.84. The van der Waals surface area contributed by atoms with E-state index in [1.165, 1.54) is 0 Å². The molecule has 0 amide bonds. The standard InChI is InChI=1S/C40H60O39/c1-9(46)17(55)25(63)33(27(65)26(64)32(21(59)13(50)7-44)76-35(69)28(66)22(60)18(56)10(47)4-41)75-16(54)3-40(74,2-15(52)53)39(73)78-31(14(51)8-45)34(77-36(70)29(67)23(61)19(57)11(48)5-42)38(72)79-37(71)30(68)24(62)20(58)12(49)6-43/h9,12-14,17-25,28-34,41-46,49-51,55-63,66-68,74H,2-8H2,1H3,(H,52,53)/t9-,12-,13-,14-,17-,18-,19-,20-,21-,22-,23+,24+,25+,28+,29+,30-,31-,32+,33+,34+,40?/m1/s1/i5D/t5?,9-,12-,13-,14-,17-,18-,19-,20-,21-,22-,23+,24+,25+,28+,29+,30-,31-,32+,33+,34+,40?. The molecule has 0 aliphatic heterocycles. The van der Waals surface area contributed by atoms with Gasteiger partial charge in [-0.05, 0) is 6.92 Å². The van der Waals surface area contributed by atoms with E-state index >= 15 is 0 Å². The van der Waals surface area contributed by atoms with Gasteiger partial charge in [0.2, 0.25) is 17.7 Å². The van der Waals surface area contributed by atoms with Crippen molar-refractivity contribution in [2.75, 3.05) is 33.0 Å². The van der Waals surface area contributed by atoms with Crippen LogP contribution in [0.1, 0.15) is 21.1 Å². The van der Waals surface area contributed by atoms with Crippen LogP contribution in [-0.2, 0) is 76.4 Å². The molecule has 2 unspecified atom stereocenters. The number of esters is 6. The molecule has 0 radical (unpaired) electrons. The van der Waals surface area contributed by atoms with Crippen LogP contribution in [0, 0.1) is 0 Å². The van der Waals surface area contributed by atoms with E-state index in [0.29, 0.717) is 6.92 Å². The van der Waals surface area contributed by atoms with E-state index in [0.717, 1.165) is 0 Å².